The summed E-state index contributed by atoms with van der Waals surface area (Å²) in [5.41, 5.74) is 0.0125. The van der Waals surface area contributed by atoms with Crippen LogP contribution in [0, 0.1) is 0 Å². The SMILES string of the molecule is O=S1(=O)C=C(c2ccccc2)NC(O)(c2ccccc2)C1. The highest BCUT2D eigenvalue weighted by molar-refractivity contribution is 7.94. The summed E-state index contributed by atoms with van der Waals surface area (Å²) in [5.74, 6) is -0.389. The fraction of sp³-hybridized carbons (Fsp3) is 0.125. The van der Waals surface area contributed by atoms with Gasteiger partial charge in [-0.15, -0.1) is 0 Å². The molecule has 0 spiro atoms. The van der Waals surface area contributed by atoms with Crippen LogP contribution in [0.3, 0.4) is 0 Å². The van der Waals surface area contributed by atoms with Crippen LogP contribution in [0.25, 0.3) is 5.70 Å². The Kier molecular flexibility index (Phi) is 3.31. The lowest BCUT2D eigenvalue weighted by Gasteiger charge is -2.34. The molecule has 1 aliphatic heterocycles. The van der Waals surface area contributed by atoms with Crippen LogP contribution in [0.1, 0.15) is 11.1 Å². The van der Waals surface area contributed by atoms with Crippen LogP contribution >= 0.6 is 0 Å². The van der Waals surface area contributed by atoms with E-state index in [9.17, 15) is 13.5 Å². The van der Waals surface area contributed by atoms with Gasteiger partial charge in [-0.1, -0.05) is 60.7 Å². The molecule has 4 nitrogen and oxygen atoms in total. The Bertz CT molecular complexity index is 770. The maximum Gasteiger partial charge on any atom is 0.178 e. The van der Waals surface area contributed by atoms with Crippen LogP contribution in [-0.4, -0.2) is 19.3 Å². The van der Waals surface area contributed by atoms with E-state index >= 15 is 0 Å². The average molecular weight is 301 g/mol. The van der Waals surface area contributed by atoms with Gasteiger partial charge < -0.3 is 10.4 Å². The first-order valence-electron chi connectivity index (χ1n) is 6.54. The molecular formula is C16H15NO3S. The lowest BCUT2D eigenvalue weighted by Crippen LogP contribution is -2.49. The highest BCUT2D eigenvalue weighted by atomic mass is 32.2. The Morgan fingerprint density at radius 3 is 2.14 bits per heavy atom. The third-order valence-electron chi connectivity index (χ3n) is 3.39. The van der Waals surface area contributed by atoms with E-state index in [2.05, 4.69) is 5.32 Å². The van der Waals surface area contributed by atoms with Gasteiger partial charge in [0.25, 0.3) is 0 Å². The zero-order chi connectivity index (χ0) is 14.9. The summed E-state index contributed by atoms with van der Waals surface area (Å²) < 4.78 is 24.3. The summed E-state index contributed by atoms with van der Waals surface area (Å²) >= 11 is 0. The number of sulfone groups is 1. The molecule has 0 saturated carbocycles. The van der Waals surface area contributed by atoms with Gasteiger partial charge in [0.05, 0.1) is 11.1 Å². The minimum absolute atomic E-state index is 0.389. The minimum atomic E-state index is -3.51. The van der Waals surface area contributed by atoms with Crippen molar-refractivity contribution in [3.63, 3.8) is 0 Å². The first-order valence-corrected chi connectivity index (χ1v) is 8.26. The largest absolute Gasteiger partial charge is 0.366 e. The van der Waals surface area contributed by atoms with Crippen molar-refractivity contribution in [2.24, 2.45) is 0 Å². The van der Waals surface area contributed by atoms with E-state index < -0.39 is 15.6 Å². The first-order chi connectivity index (χ1) is 9.99. The second-order valence-electron chi connectivity index (χ2n) is 5.06. The van der Waals surface area contributed by atoms with Gasteiger partial charge in [-0.05, 0) is 5.56 Å². The van der Waals surface area contributed by atoms with Gasteiger partial charge in [-0.3, -0.25) is 0 Å². The number of aliphatic hydroxyl groups is 1. The molecule has 108 valence electrons. The highest BCUT2D eigenvalue weighted by Crippen LogP contribution is 2.29. The van der Waals surface area contributed by atoms with Crippen molar-refractivity contribution in [1.82, 2.24) is 5.32 Å². The van der Waals surface area contributed by atoms with Crippen LogP contribution in [0.15, 0.2) is 66.1 Å². The Labute approximate surface area is 123 Å². The first kappa shape index (κ1) is 13.9. The Hall–Kier alpha value is -2.11. The normalized spacial score (nSPS) is 24.0. The number of rotatable bonds is 2. The summed E-state index contributed by atoms with van der Waals surface area (Å²) in [6, 6.07) is 17.8. The molecule has 2 aromatic carbocycles. The van der Waals surface area contributed by atoms with Crippen molar-refractivity contribution in [3.8, 4) is 0 Å². The van der Waals surface area contributed by atoms with Crippen LogP contribution < -0.4 is 5.32 Å². The molecule has 2 aromatic rings. The summed E-state index contributed by atoms with van der Waals surface area (Å²) in [7, 11) is -3.51. The Morgan fingerprint density at radius 2 is 1.52 bits per heavy atom. The fourth-order valence-corrected chi connectivity index (χ4v) is 3.89. The second kappa shape index (κ2) is 5.02. The molecule has 0 radical (unpaired) electrons. The Balaban J connectivity index is 2.07. The van der Waals surface area contributed by atoms with Crippen LogP contribution in [0.4, 0.5) is 0 Å². The van der Waals surface area contributed by atoms with Gasteiger partial charge in [0.1, 0.15) is 5.75 Å². The van der Waals surface area contributed by atoms with Gasteiger partial charge in [-0.2, -0.15) is 0 Å². The maximum absolute atomic E-state index is 12.1. The standard InChI is InChI=1S/C16H15NO3S/c18-16(14-9-5-2-6-10-14)12-21(19,20)11-15(17-16)13-7-3-1-4-8-13/h1-11,17-18H,12H2. The van der Waals surface area contributed by atoms with Crippen LogP contribution in [-0.2, 0) is 15.6 Å². The highest BCUT2D eigenvalue weighted by Gasteiger charge is 2.38. The molecular weight excluding hydrogens is 286 g/mol. The average Bonchev–Trinajstić information content (AvgIpc) is 2.47. The number of nitrogens with one attached hydrogen (secondary N) is 1. The van der Waals surface area contributed by atoms with Crippen LogP contribution in [0.5, 0.6) is 0 Å². The number of benzene rings is 2. The van der Waals surface area contributed by atoms with E-state index in [0.29, 0.717) is 11.3 Å². The predicted molar refractivity (Wildman–Crippen MR) is 81.7 cm³/mol. The van der Waals surface area contributed by atoms with E-state index in [4.69, 9.17) is 0 Å². The minimum Gasteiger partial charge on any atom is -0.366 e. The van der Waals surface area contributed by atoms with Gasteiger partial charge in [0.2, 0.25) is 0 Å². The van der Waals surface area contributed by atoms with Crippen molar-refractivity contribution in [3.05, 3.63) is 77.2 Å². The van der Waals surface area contributed by atoms with Gasteiger partial charge >= 0.3 is 0 Å². The van der Waals surface area contributed by atoms with Crippen molar-refractivity contribution in [2.75, 3.05) is 5.75 Å². The van der Waals surface area contributed by atoms with Crippen molar-refractivity contribution < 1.29 is 13.5 Å². The molecule has 5 heteroatoms. The smallest absolute Gasteiger partial charge is 0.178 e. The molecule has 1 atom stereocenters. The van der Waals surface area contributed by atoms with Gasteiger partial charge in [-0.25, -0.2) is 8.42 Å². The van der Waals surface area contributed by atoms with Crippen molar-refractivity contribution >= 4 is 15.5 Å². The molecule has 1 aliphatic rings. The van der Waals surface area contributed by atoms with E-state index in [-0.39, 0.29) is 5.75 Å². The molecule has 2 N–H and O–H groups in total. The monoisotopic (exact) mass is 301 g/mol. The lowest BCUT2D eigenvalue weighted by molar-refractivity contribution is 0.0405. The molecule has 0 saturated heterocycles. The molecule has 21 heavy (non-hydrogen) atoms. The molecule has 0 fully saturated rings. The number of hydrogen-bond acceptors (Lipinski definition) is 4. The zero-order valence-corrected chi connectivity index (χ0v) is 12.0. The molecule has 0 aromatic heterocycles. The third kappa shape index (κ3) is 2.84. The summed E-state index contributed by atoms with van der Waals surface area (Å²) in [5, 5.41) is 14.9. The van der Waals surface area contributed by atoms with Crippen molar-refractivity contribution in [2.45, 2.75) is 5.72 Å². The molecule has 1 unspecified atom stereocenters. The predicted octanol–water partition coefficient (Wildman–Crippen LogP) is 1.85. The fourth-order valence-electron chi connectivity index (χ4n) is 2.43. The van der Waals surface area contributed by atoms with Crippen LogP contribution in [0.2, 0.25) is 0 Å². The molecule has 0 amide bonds. The lowest BCUT2D eigenvalue weighted by atomic mass is 10.0. The number of hydrogen-bond donors (Lipinski definition) is 2. The zero-order valence-electron chi connectivity index (χ0n) is 11.2. The summed E-state index contributed by atoms with van der Waals surface area (Å²) in [4.78, 5) is 0. The Morgan fingerprint density at radius 1 is 0.952 bits per heavy atom. The molecule has 0 aliphatic carbocycles. The topological polar surface area (TPSA) is 66.4 Å². The van der Waals surface area contributed by atoms with E-state index in [1.165, 1.54) is 5.41 Å². The third-order valence-corrected chi connectivity index (χ3v) is 4.80. The van der Waals surface area contributed by atoms with E-state index in [1.807, 2.05) is 24.3 Å². The second-order valence-corrected chi connectivity index (χ2v) is 6.91. The van der Waals surface area contributed by atoms with E-state index in [0.717, 1.165) is 5.56 Å². The molecule has 3 rings (SSSR count). The van der Waals surface area contributed by atoms with Crippen molar-refractivity contribution in [1.29, 1.82) is 0 Å². The quantitative estimate of drug-likeness (QED) is 0.888. The van der Waals surface area contributed by atoms with Gasteiger partial charge in [0, 0.05) is 5.56 Å². The van der Waals surface area contributed by atoms with Gasteiger partial charge in [0.15, 0.2) is 15.6 Å². The summed E-state index contributed by atoms with van der Waals surface area (Å²) in [6.07, 6.45) is 0. The molecule has 0 bridgehead atoms. The molecule has 1 heterocycles. The maximum atomic E-state index is 12.1. The summed E-state index contributed by atoms with van der Waals surface area (Å²) in [6.45, 7) is 0. The van der Waals surface area contributed by atoms with E-state index in [1.54, 1.807) is 36.4 Å².